The van der Waals surface area contributed by atoms with Gasteiger partial charge in [-0.3, -0.25) is 21.1 Å². The van der Waals surface area contributed by atoms with E-state index in [1.54, 1.807) is 24.3 Å². The average molecular weight is 227 g/mol. The highest BCUT2D eigenvalue weighted by Crippen LogP contribution is 2.10. The van der Waals surface area contributed by atoms with E-state index in [1.165, 1.54) is 0 Å². The van der Waals surface area contributed by atoms with Gasteiger partial charge in [0.25, 0.3) is 5.91 Å². The lowest BCUT2D eigenvalue weighted by molar-refractivity contribution is -0.114. The summed E-state index contributed by atoms with van der Waals surface area (Å²) in [5, 5.41) is 12.6. The SMILES string of the molecule is C=C1NNC(=O)C1=NNc1cccc(C#N)c1. The molecule has 0 spiro atoms. The second-order valence-electron chi connectivity index (χ2n) is 3.32. The van der Waals surface area contributed by atoms with Crippen molar-refractivity contribution in [3.8, 4) is 6.07 Å². The van der Waals surface area contributed by atoms with Crippen molar-refractivity contribution < 1.29 is 4.79 Å². The number of nitrogens with zero attached hydrogens (tertiary/aromatic N) is 2. The van der Waals surface area contributed by atoms with Crippen LogP contribution in [0.25, 0.3) is 0 Å². The Morgan fingerprint density at radius 3 is 2.88 bits per heavy atom. The van der Waals surface area contributed by atoms with Gasteiger partial charge in [0.2, 0.25) is 0 Å². The first-order chi connectivity index (χ1) is 8.20. The van der Waals surface area contributed by atoms with Crippen LogP contribution in [0.3, 0.4) is 0 Å². The molecule has 1 amide bonds. The molecule has 1 aromatic rings. The lowest BCUT2D eigenvalue weighted by atomic mass is 10.2. The Morgan fingerprint density at radius 2 is 2.24 bits per heavy atom. The standard InChI is InChI=1S/C11H9N5O/c1-7-10(11(17)16-13-7)15-14-9-4-2-3-8(5-9)6-12/h2-5,13-14H,1H2,(H,16,17). The molecular weight excluding hydrogens is 218 g/mol. The second kappa shape index (κ2) is 4.37. The molecule has 0 radical (unpaired) electrons. The van der Waals surface area contributed by atoms with Crippen LogP contribution in [-0.4, -0.2) is 11.6 Å². The van der Waals surface area contributed by atoms with Gasteiger partial charge in [0.15, 0.2) is 5.71 Å². The van der Waals surface area contributed by atoms with Gasteiger partial charge in [-0.1, -0.05) is 12.6 Å². The Hall–Kier alpha value is -2.81. The fourth-order valence-corrected chi connectivity index (χ4v) is 1.28. The molecule has 0 aliphatic carbocycles. The van der Waals surface area contributed by atoms with E-state index >= 15 is 0 Å². The Bertz CT molecular complexity index is 537. The number of hydrazone groups is 1. The molecule has 3 N–H and O–H groups in total. The molecule has 1 saturated heterocycles. The lowest BCUT2D eigenvalue weighted by Crippen LogP contribution is -2.25. The highest BCUT2D eigenvalue weighted by molar-refractivity contribution is 6.46. The lowest BCUT2D eigenvalue weighted by Gasteiger charge is -2.00. The summed E-state index contributed by atoms with van der Waals surface area (Å²) in [4.78, 5) is 11.3. The number of nitrogens with one attached hydrogen (secondary N) is 3. The number of carbonyl (C=O) groups excluding carboxylic acids is 1. The van der Waals surface area contributed by atoms with Crippen LogP contribution in [0.5, 0.6) is 0 Å². The molecule has 0 unspecified atom stereocenters. The average Bonchev–Trinajstić information content (AvgIpc) is 2.67. The zero-order valence-electron chi connectivity index (χ0n) is 8.82. The summed E-state index contributed by atoms with van der Waals surface area (Å²) < 4.78 is 0. The van der Waals surface area contributed by atoms with Crippen LogP contribution in [0.4, 0.5) is 5.69 Å². The fourth-order valence-electron chi connectivity index (χ4n) is 1.28. The summed E-state index contributed by atoms with van der Waals surface area (Å²) >= 11 is 0. The smallest absolute Gasteiger partial charge is 0.292 e. The van der Waals surface area contributed by atoms with E-state index in [1.807, 2.05) is 6.07 Å². The molecule has 1 aromatic carbocycles. The monoisotopic (exact) mass is 227 g/mol. The van der Waals surface area contributed by atoms with Crippen molar-refractivity contribution in [1.29, 1.82) is 5.26 Å². The van der Waals surface area contributed by atoms with E-state index in [0.717, 1.165) is 0 Å². The molecule has 0 saturated carbocycles. The molecule has 1 heterocycles. The first-order valence-corrected chi connectivity index (χ1v) is 4.80. The van der Waals surface area contributed by atoms with Gasteiger partial charge in [-0.15, -0.1) is 0 Å². The topological polar surface area (TPSA) is 89.3 Å². The fraction of sp³-hybridized carbons (Fsp3) is 0. The quantitative estimate of drug-likeness (QED) is 0.641. The minimum atomic E-state index is -0.348. The summed E-state index contributed by atoms with van der Waals surface area (Å²) in [6.07, 6.45) is 0. The van der Waals surface area contributed by atoms with E-state index in [-0.39, 0.29) is 11.6 Å². The van der Waals surface area contributed by atoms with Crippen LogP contribution in [0.15, 0.2) is 41.6 Å². The van der Waals surface area contributed by atoms with Crippen molar-refractivity contribution in [2.45, 2.75) is 0 Å². The molecule has 1 aliphatic heterocycles. The number of nitriles is 1. The van der Waals surface area contributed by atoms with Crippen LogP contribution in [0.1, 0.15) is 5.56 Å². The highest BCUT2D eigenvalue weighted by atomic mass is 16.2. The molecule has 6 heteroatoms. The number of amides is 1. The summed E-state index contributed by atoms with van der Waals surface area (Å²) in [5.74, 6) is -0.348. The highest BCUT2D eigenvalue weighted by Gasteiger charge is 2.22. The number of benzene rings is 1. The van der Waals surface area contributed by atoms with Crippen molar-refractivity contribution in [1.82, 2.24) is 10.9 Å². The van der Waals surface area contributed by atoms with Crippen LogP contribution in [0, 0.1) is 11.3 Å². The zero-order chi connectivity index (χ0) is 12.3. The third-order valence-electron chi connectivity index (χ3n) is 2.12. The van der Waals surface area contributed by atoms with Crippen molar-refractivity contribution in [2.75, 3.05) is 5.43 Å². The molecule has 1 aliphatic rings. The summed E-state index contributed by atoms with van der Waals surface area (Å²) in [6.45, 7) is 3.61. The predicted molar refractivity (Wildman–Crippen MR) is 62.6 cm³/mol. The summed E-state index contributed by atoms with van der Waals surface area (Å²) in [7, 11) is 0. The Labute approximate surface area is 97.6 Å². The molecule has 84 valence electrons. The second-order valence-corrected chi connectivity index (χ2v) is 3.32. The first-order valence-electron chi connectivity index (χ1n) is 4.80. The number of carbonyl (C=O) groups is 1. The maximum Gasteiger partial charge on any atom is 0.292 e. The van der Waals surface area contributed by atoms with Crippen molar-refractivity contribution in [3.05, 3.63) is 42.1 Å². The Morgan fingerprint density at radius 1 is 1.41 bits per heavy atom. The van der Waals surface area contributed by atoms with E-state index < -0.39 is 0 Å². The molecule has 1 fully saturated rings. The van der Waals surface area contributed by atoms with Crippen LogP contribution >= 0.6 is 0 Å². The van der Waals surface area contributed by atoms with Gasteiger partial charge in [-0.25, -0.2) is 0 Å². The van der Waals surface area contributed by atoms with Gasteiger partial charge in [0, 0.05) is 0 Å². The minimum absolute atomic E-state index is 0.187. The van der Waals surface area contributed by atoms with E-state index in [0.29, 0.717) is 16.9 Å². The number of hydrogen-bond acceptors (Lipinski definition) is 5. The van der Waals surface area contributed by atoms with Crippen molar-refractivity contribution >= 4 is 17.3 Å². The molecule has 0 aromatic heterocycles. The third-order valence-corrected chi connectivity index (χ3v) is 2.12. The molecule has 0 atom stereocenters. The minimum Gasteiger partial charge on any atom is -0.296 e. The van der Waals surface area contributed by atoms with Gasteiger partial charge in [-0.05, 0) is 18.2 Å². The molecule has 17 heavy (non-hydrogen) atoms. The third kappa shape index (κ3) is 2.23. The number of anilines is 1. The molecule has 2 rings (SSSR count). The van der Waals surface area contributed by atoms with Gasteiger partial charge < -0.3 is 0 Å². The Balaban J connectivity index is 2.17. The maximum absolute atomic E-state index is 11.3. The number of rotatable bonds is 2. The zero-order valence-corrected chi connectivity index (χ0v) is 8.82. The van der Waals surface area contributed by atoms with Gasteiger partial charge in [-0.2, -0.15) is 10.4 Å². The van der Waals surface area contributed by atoms with E-state index in [2.05, 4.69) is 28.0 Å². The van der Waals surface area contributed by atoms with Gasteiger partial charge >= 0.3 is 0 Å². The normalized spacial score (nSPS) is 16.3. The van der Waals surface area contributed by atoms with Crippen LogP contribution in [0.2, 0.25) is 0 Å². The Kier molecular flexibility index (Phi) is 2.75. The molecule has 0 bridgehead atoms. The number of hydrogen-bond donors (Lipinski definition) is 3. The summed E-state index contributed by atoms with van der Waals surface area (Å²) in [5.41, 5.74) is 9.36. The predicted octanol–water partition coefficient (Wildman–Crippen LogP) is 0.474. The van der Waals surface area contributed by atoms with E-state index in [9.17, 15) is 4.79 Å². The van der Waals surface area contributed by atoms with E-state index in [4.69, 9.17) is 5.26 Å². The van der Waals surface area contributed by atoms with Crippen LogP contribution in [-0.2, 0) is 4.79 Å². The number of hydrazine groups is 1. The van der Waals surface area contributed by atoms with Crippen LogP contribution < -0.4 is 16.3 Å². The summed E-state index contributed by atoms with van der Waals surface area (Å²) in [6, 6.07) is 8.80. The van der Waals surface area contributed by atoms with Gasteiger partial charge in [0.1, 0.15) is 0 Å². The van der Waals surface area contributed by atoms with Gasteiger partial charge in [0.05, 0.1) is 23.0 Å². The first kappa shape index (κ1) is 10.7. The maximum atomic E-state index is 11.3. The van der Waals surface area contributed by atoms with Crippen molar-refractivity contribution in [2.24, 2.45) is 5.10 Å². The van der Waals surface area contributed by atoms with Crippen molar-refractivity contribution in [3.63, 3.8) is 0 Å². The molecular formula is C11H9N5O. The largest absolute Gasteiger partial charge is 0.296 e. The molecule has 6 nitrogen and oxygen atoms in total.